The fourth-order valence-corrected chi connectivity index (χ4v) is 4.25. The van der Waals surface area contributed by atoms with E-state index < -0.39 is 11.6 Å². The van der Waals surface area contributed by atoms with Crippen LogP contribution in [0, 0.1) is 13.8 Å². The average Bonchev–Trinajstić information content (AvgIpc) is 2.83. The van der Waals surface area contributed by atoms with Crippen molar-refractivity contribution < 1.29 is 14.3 Å². The predicted octanol–water partition coefficient (Wildman–Crippen LogP) is 6.54. The summed E-state index contributed by atoms with van der Waals surface area (Å²) in [7, 11) is 0. The number of nitrogens with one attached hydrogen (secondary N) is 1. The summed E-state index contributed by atoms with van der Waals surface area (Å²) in [5.41, 5.74) is 3.20. The first kappa shape index (κ1) is 28.5. The van der Waals surface area contributed by atoms with E-state index in [0.29, 0.717) is 22.2 Å². The van der Waals surface area contributed by atoms with E-state index in [1.165, 1.54) is 0 Å². The van der Waals surface area contributed by atoms with Crippen LogP contribution < -0.4 is 10.1 Å². The molecule has 3 aromatic rings. The Labute approximate surface area is 229 Å². The molecule has 0 fully saturated rings. The van der Waals surface area contributed by atoms with Gasteiger partial charge in [0.1, 0.15) is 11.8 Å². The summed E-state index contributed by atoms with van der Waals surface area (Å²) >= 11 is 12.4. The number of hydrogen-bond acceptors (Lipinski definition) is 3. The molecule has 196 valence electrons. The third-order valence-electron chi connectivity index (χ3n) is 5.80. The zero-order valence-corrected chi connectivity index (χ0v) is 23.5. The van der Waals surface area contributed by atoms with Crippen LogP contribution in [-0.2, 0) is 22.6 Å². The lowest BCUT2D eigenvalue weighted by atomic mass is 10.0. The van der Waals surface area contributed by atoms with Crippen LogP contribution in [0.2, 0.25) is 10.0 Å². The Morgan fingerprint density at radius 1 is 0.919 bits per heavy atom. The Hall–Kier alpha value is -3.02. The molecule has 0 saturated heterocycles. The normalized spacial score (nSPS) is 12.1. The SMILES string of the molecule is Cc1ccc(C)c(OCC(=O)N(Cc2ccc(Cl)c(Cl)c2)[C@@H](Cc2ccccc2)C(=O)NC(C)(C)C)c1. The molecule has 3 aromatic carbocycles. The van der Waals surface area contributed by atoms with Crippen molar-refractivity contribution in [2.24, 2.45) is 0 Å². The lowest BCUT2D eigenvalue weighted by Gasteiger charge is -2.34. The van der Waals surface area contributed by atoms with Crippen LogP contribution in [-0.4, -0.2) is 34.9 Å². The van der Waals surface area contributed by atoms with Gasteiger partial charge in [-0.25, -0.2) is 0 Å². The van der Waals surface area contributed by atoms with E-state index in [1.54, 1.807) is 23.1 Å². The van der Waals surface area contributed by atoms with Gasteiger partial charge in [-0.3, -0.25) is 9.59 Å². The Morgan fingerprint density at radius 2 is 1.62 bits per heavy atom. The second-order valence-corrected chi connectivity index (χ2v) is 11.1. The van der Waals surface area contributed by atoms with Gasteiger partial charge in [-0.1, -0.05) is 71.7 Å². The number of halogens is 2. The van der Waals surface area contributed by atoms with E-state index in [9.17, 15) is 9.59 Å². The van der Waals surface area contributed by atoms with Crippen LogP contribution in [0.1, 0.15) is 43.0 Å². The molecule has 1 N–H and O–H groups in total. The maximum atomic E-state index is 13.7. The van der Waals surface area contributed by atoms with Crippen LogP contribution in [0.3, 0.4) is 0 Å². The van der Waals surface area contributed by atoms with Crippen molar-refractivity contribution in [2.45, 2.75) is 59.2 Å². The number of amides is 2. The zero-order chi connectivity index (χ0) is 27.2. The molecule has 1 atom stereocenters. The molecule has 0 aliphatic carbocycles. The maximum absolute atomic E-state index is 13.7. The minimum Gasteiger partial charge on any atom is -0.483 e. The molecule has 0 aromatic heterocycles. The third-order valence-corrected chi connectivity index (χ3v) is 6.54. The molecular weight excluding hydrogens is 507 g/mol. The van der Waals surface area contributed by atoms with E-state index in [1.807, 2.05) is 83.1 Å². The average molecular weight is 542 g/mol. The second kappa shape index (κ2) is 12.5. The molecule has 0 aliphatic rings. The van der Waals surface area contributed by atoms with Crippen molar-refractivity contribution in [2.75, 3.05) is 6.61 Å². The monoisotopic (exact) mass is 540 g/mol. The molecule has 0 spiro atoms. The maximum Gasteiger partial charge on any atom is 0.261 e. The van der Waals surface area contributed by atoms with Crippen LogP contribution in [0.5, 0.6) is 5.75 Å². The first-order valence-corrected chi connectivity index (χ1v) is 13.0. The summed E-state index contributed by atoms with van der Waals surface area (Å²) in [5, 5.41) is 3.86. The van der Waals surface area contributed by atoms with E-state index in [0.717, 1.165) is 22.3 Å². The molecule has 5 nitrogen and oxygen atoms in total. The Balaban J connectivity index is 1.97. The summed E-state index contributed by atoms with van der Waals surface area (Å²) < 4.78 is 5.95. The molecule has 0 bridgehead atoms. The number of benzene rings is 3. The Morgan fingerprint density at radius 3 is 2.27 bits per heavy atom. The number of aryl methyl sites for hydroxylation is 2. The summed E-state index contributed by atoms with van der Waals surface area (Å²) in [5.74, 6) is 0.0926. The van der Waals surface area contributed by atoms with Crippen molar-refractivity contribution in [3.05, 3.63) is 99.0 Å². The molecule has 0 heterocycles. The second-order valence-electron chi connectivity index (χ2n) is 10.3. The van der Waals surface area contributed by atoms with Crippen molar-refractivity contribution in [1.82, 2.24) is 10.2 Å². The molecule has 2 amide bonds. The number of hydrogen-bond donors (Lipinski definition) is 1. The summed E-state index contributed by atoms with van der Waals surface area (Å²) in [6.07, 6.45) is 0.347. The number of carbonyl (C=O) groups is 2. The quantitative estimate of drug-likeness (QED) is 0.335. The van der Waals surface area contributed by atoms with Crippen LogP contribution in [0.4, 0.5) is 0 Å². The van der Waals surface area contributed by atoms with Gasteiger partial charge < -0.3 is 15.0 Å². The highest BCUT2D eigenvalue weighted by molar-refractivity contribution is 6.42. The number of rotatable bonds is 9. The molecule has 37 heavy (non-hydrogen) atoms. The lowest BCUT2D eigenvalue weighted by molar-refractivity contribution is -0.143. The molecule has 0 radical (unpaired) electrons. The smallest absolute Gasteiger partial charge is 0.261 e. The van der Waals surface area contributed by atoms with E-state index >= 15 is 0 Å². The Bertz CT molecular complexity index is 1240. The number of carbonyl (C=O) groups excluding carboxylic acids is 2. The molecular formula is C30H34Cl2N2O3. The lowest BCUT2D eigenvalue weighted by Crippen LogP contribution is -2.55. The summed E-state index contributed by atoms with van der Waals surface area (Å²) in [6, 6.07) is 20.0. The standard InChI is InChI=1S/C30H34Cl2N2O3/c1-20-11-12-21(2)27(15-20)37-19-28(35)34(18-23-13-14-24(31)25(32)16-23)26(29(36)33-30(3,4)5)17-22-9-7-6-8-10-22/h6-16,26H,17-19H2,1-5H3,(H,33,36)/t26-/m0/s1. The van der Waals surface area contributed by atoms with Crippen LogP contribution in [0.25, 0.3) is 0 Å². The van der Waals surface area contributed by atoms with Gasteiger partial charge in [0.25, 0.3) is 5.91 Å². The first-order valence-electron chi connectivity index (χ1n) is 12.2. The summed E-state index contributed by atoms with van der Waals surface area (Å²) in [6.45, 7) is 9.61. The molecule has 0 aliphatic heterocycles. The van der Waals surface area contributed by atoms with Crippen LogP contribution >= 0.6 is 23.2 Å². The highest BCUT2D eigenvalue weighted by atomic mass is 35.5. The minimum atomic E-state index is -0.772. The zero-order valence-electron chi connectivity index (χ0n) is 22.0. The highest BCUT2D eigenvalue weighted by Gasteiger charge is 2.32. The fraction of sp³-hybridized carbons (Fsp3) is 0.333. The van der Waals surface area contributed by atoms with Gasteiger partial charge in [-0.2, -0.15) is 0 Å². The van der Waals surface area contributed by atoms with E-state index in [-0.39, 0.29) is 25.0 Å². The summed E-state index contributed by atoms with van der Waals surface area (Å²) in [4.78, 5) is 28.9. The molecule has 7 heteroatoms. The van der Waals surface area contributed by atoms with E-state index in [4.69, 9.17) is 27.9 Å². The first-order chi connectivity index (χ1) is 17.4. The van der Waals surface area contributed by atoms with Crippen molar-refractivity contribution >= 4 is 35.0 Å². The largest absolute Gasteiger partial charge is 0.483 e. The van der Waals surface area contributed by atoms with Crippen molar-refractivity contribution in [1.29, 1.82) is 0 Å². The minimum absolute atomic E-state index is 0.168. The molecule has 0 unspecified atom stereocenters. The number of nitrogens with zero attached hydrogens (tertiary/aromatic N) is 1. The van der Waals surface area contributed by atoms with Gasteiger partial charge in [-0.15, -0.1) is 0 Å². The van der Waals surface area contributed by atoms with Crippen molar-refractivity contribution in [3.63, 3.8) is 0 Å². The van der Waals surface area contributed by atoms with Gasteiger partial charge in [-0.05, 0) is 75.1 Å². The van der Waals surface area contributed by atoms with Gasteiger partial charge >= 0.3 is 0 Å². The van der Waals surface area contributed by atoms with E-state index in [2.05, 4.69) is 5.32 Å². The molecule has 3 rings (SSSR count). The Kier molecular flexibility index (Phi) is 9.63. The van der Waals surface area contributed by atoms with Crippen molar-refractivity contribution in [3.8, 4) is 5.75 Å². The van der Waals surface area contributed by atoms with Gasteiger partial charge in [0.15, 0.2) is 6.61 Å². The fourth-order valence-electron chi connectivity index (χ4n) is 3.93. The highest BCUT2D eigenvalue weighted by Crippen LogP contribution is 2.25. The van der Waals surface area contributed by atoms with Gasteiger partial charge in [0, 0.05) is 18.5 Å². The van der Waals surface area contributed by atoms with Gasteiger partial charge in [0.2, 0.25) is 5.91 Å². The third kappa shape index (κ3) is 8.51. The topological polar surface area (TPSA) is 58.6 Å². The van der Waals surface area contributed by atoms with Crippen LogP contribution in [0.15, 0.2) is 66.7 Å². The number of ether oxygens (including phenoxy) is 1. The molecule has 0 saturated carbocycles. The van der Waals surface area contributed by atoms with Gasteiger partial charge in [0.05, 0.1) is 10.0 Å². The predicted molar refractivity (Wildman–Crippen MR) is 150 cm³/mol.